The number of carbonyl (C=O) groups is 1. The maximum absolute atomic E-state index is 13.6. The minimum absolute atomic E-state index is 0.00953. The highest BCUT2D eigenvalue weighted by atomic mass is 35.5. The molecule has 0 aliphatic carbocycles. The van der Waals surface area contributed by atoms with Gasteiger partial charge in [-0.3, -0.25) is 9.69 Å². The van der Waals surface area contributed by atoms with Crippen molar-refractivity contribution in [1.82, 2.24) is 19.2 Å². The molecule has 3 aromatic rings. The summed E-state index contributed by atoms with van der Waals surface area (Å²) in [4.78, 5) is 22.6. The van der Waals surface area contributed by atoms with Gasteiger partial charge < -0.3 is 14.0 Å². The van der Waals surface area contributed by atoms with Crippen LogP contribution in [-0.4, -0.2) is 57.9 Å². The molecule has 1 aromatic carbocycles. The fraction of sp³-hybridized carbons (Fsp3) is 0.417. The summed E-state index contributed by atoms with van der Waals surface area (Å²) in [6.07, 6.45) is 4.73. The number of aromatic nitrogens is 2. The SMILES string of the molecule is CN(Cc1c(C(=O)N2CCc3ccccc3C2)nc2ccc(Cl)cn12)C1CCOCC1. The van der Waals surface area contributed by atoms with Gasteiger partial charge in [0.2, 0.25) is 0 Å². The van der Waals surface area contributed by atoms with E-state index in [1.807, 2.05) is 33.7 Å². The Balaban J connectivity index is 1.47. The molecule has 0 spiro atoms. The summed E-state index contributed by atoms with van der Waals surface area (Å²) in [7, 11) is 2.12. The lowest BCUT2D eigenvalue weighted by Crippen LogP contribution is -2.38. The highest BCUT2D eigenvalue weighted by molar-refractivity contribution is 6.30. The van der Waals surface area contributed by atoms with Crippen LogP contribution in [0.15, 0.2) is 42.6 Å². The van der Waals surface area contributed by atoms with Crippen LogP contribution in [-0.2, 0) is 24.2 Å². The minimum atomic E-state index is -0.00953. The van der Waals surface area contributed by atoms with Gasteiger partial charge in [-0.2, -0.15) is 0 Å². The Morgan fingerprint density at radius 1 is 1.19 bits per heavy atom. The highest BCUT2D eigenvalue weighted by Gasteiger charge is 2.28. The van der Waals surface area contributed by atoms with Crippen molar-refractivity contribution in [3.63, 3.8) is 0 Å². The van der Waals surface area contributed by atoms with Gasteiger partial charge in [0.25, 0.3) is 5.91 Å². The molecule has 1 fully saturated rings. The van der Waals surface area contributed by atoms with E-state index in [-0.39, 0.29) is 5.91 Å². The first kappa shape index (κ1) is 20.5. The van der Waals surface area contributed by atoms with Crippen LogP contribution in [0.5, 0.6) is 0 Å². The number of halogens is 1. The van der Waals surface area contributed by atoms with Gasteiger partial charge in [0.05, 0.1) is 10.7 Å². The van der Waals surface area contributed by atoms with Crippen molar-refractivity contribution in [2.75, 3.05) is 26.8 Å². The van der Waals surface area contributed by atoms with Crippen molar-refractivity contribution in [2.45, 2.75) is 38.4 Å². The van der Waals surface area contributed by atoms with Crippen molar-refractivity contribution >= 4 is 23.2 Å². The molecule has 7 heteroatoms. The fourth-order valence-electron chi connectivity index (χ4n) is 4.70. The van der Waals surface area contributed by atoms with E-state index in [1.165, 1.54) is 11.1 Å². The van der Waals surface area contributed by atoms with Gasteiger partial charge in [-0.25, -0.2) is 4.98 Å². The molecule has 2 aromatic heterocycles. The quantitative estimate of drug-likeness (QED) is 0.621. The Labute approximate surface area is 187 Å². The Hall–Kier alpha value is -2.41. The Morgan fingerprint density at radius 3 is 2.77 bits per heavy atom. The van der Waals surface area contributed by atoms with Crippen molar-refractivity contribution in [1.29, 1.82) is 0 Å². The number of fused-ring (bicyclic) bond motifs is 2. The minimum Gasteiger partial charge on any atom is -0.381 e. The summed E-state index contributed by atoms with van der Waals surface area (Å²) in [6, 6.07) is 12.5. The van der Waals surface area contributed by atoms with Gasteiger partial charge in [0, 0.05) is 45.1 Å². The van der Waals surface area contributed by atoms with Crippen LogP contribution in [0.1, 0.15) is 40.2 Å². The molecular formula is C24H27ClN4O2. The summed E-state index contributed by atoms with van der Waals surface area (Å²) in [5.74, 6) is -0.00953. The molecule has 2 aliphatic rings. The maximum atomic E-state index is 13.6. The van der Waals surface area contributed by atoms with Gasteiger partial charge in [-0.1, -0.05) is 35.9 Å². The standard InChI is InChI=1S/C24H27ClN4O2/c1-27(20-9-12-31-13-10-20)16-21-23(26-22-7-6-19(25)15-29(21)22)24(30)28-11-8-17-4-2-3-5-18(17)14-28/h2-7,15,20H,8-14,16H2,1H3. The van der Waals surface area contributed by atoms with E-state index < -0.39 is 0 Å². The largest absolute Gasteiger partial charge is 0.381 e. The van der Waals surface area contributed by atoms with Gasteiger partial charge in [0.1, 0.15) is 5.65 Å². The van der Waals surface area contributed by atoms with E-state index >= 15 is 0 Å². The summed E-state index contributed by atoms with van der Waals surface area (Å²) in [5, 5.41) is 0.630. The molecule has 31 heavy (non-hydrogen) atoms. The first-order valence-corrected chi connectivity index (χ1v) is 11.3. The number of carbonyl (C=O) groups excluding carboxylic acids is 1. The molecular weight excluding hydrogens is 412 g/mol. The molecule has 162 valence electrons. The third-order valence-electron chi connectivity index (χ3n) is 6.52. The van der Waals surface area contributed by atoms with Crippen LogP contribution in [0.2, 0.25) is 5.02 Å². The van der Waals surface area contributed by atoms with Crippen molar-refractivity contribution in [3.05, 3.63) is 70.1 Å². The second kappa shape index (κ2) is 8.61. The number of amides is 1. The molecule has 4 heterocycles. The van der Waals surface area contributed by atoms with Gasteiger partial charge in [0.15, 0.2) is 5.69 Å². The average Bonchev–Trinajstić information content (AvgIpc) is 3.16. The molecule has 5 rings (SSSR count). The lowest BCUT2D eigenvalue weighted by Gasteiger charge is -2.32. The summed E-state index contributed by atoms with van der Waals surface area (Å²) in [6.45, 7) is 3.54. The van der Waals surface area contributed by atoms with Crippen LogP contribution in [0.25, 0.3) is 5.65 Å². The lowest BCUT2D eigenvalue weighted by atomic mass is 9.99. The number of benzene rings is 1. The molecule has 0 atom stereocenters. The van der Waals surface area contributed by atoms with E-state index in [2.05, 4.69) is 30.1 Å². The van der Waals surface area contributed by atoms with Crippen LogP contribution < -0.4 is 0 Å². The summed E-state index contributed by atoms with van der Waals surface area (Å²) >= 11 is 6.30. The molecule has 0 unspecified atom stereocenters. The number of imidazole rings is 1. The first-order valence-electron chi connectivity index (χ1n) is 10.9. The summed E-state index contributed by atoms with van der Waals surface area (Å²) < 4.78 is 7.49. The van der Waals surface area contributed by atoms with E-state index in [9.17, 15) is 4.79 Å². The van der Waals surface area contributed by atoms with E-state index in [0.29, 0.717) is 36.4 Å². The van der Waals surface area contributed by atoms with Gasteiger partial charge >= 0.3 is 0 Å². The molecule has 1 amide bonds. The smallest absolute Gasteiger partial charge is 0.274 e. The third-order valence-corrected chi connectivity index (χ3v) is 6.74. The Bertz CT molecular complexity index is 1110. The second-order valence-electron chi connectivity index (χ2n) is 8.49. The van der Waals surface area contributed by atoms with Gasteiger partial charge in [-0.15, -0.1) is 0 Å². The van der Waals surface area contributed by atoms with E-state index in [4.69, 9.17) is 21.3 Å². The van der Waals surface area contributed by atoms with Crippen LogP contribution in [0, 0.1) is 0 Å². The number of nitrogens with zero attached hydrogens (tertiary/aromatic N) is 4. The average molecular weight is 439 g/mol. The van der Waals surface area contributed by atoms with Crippen LogP contribution >= 0.6 is 11.6 Å². The molecule has 1 saturated heterocycles. The maximum Gasteiger partial charge on any atom is 0.274 e. The number of pyridine rings is 1. The van der Waals surface area contributed by atoms with E-state index in [1.54, 1.807) is 0 Å². The molecule has 2 aliphatic heterocycles. The summed E-state index contributed by atoms with van der Waals surface area (Å²) in [5.41, 5.74) is 4.72. The monoisotopic (exact) mass is 438 g/mol. The zero-order chi connectivity index (χ0) is 21.4. The number of ether oxygens (including phenoxy) is 1. The highest BCUT2D eigenvalue weighted by Crippen LogP contribution is 2.25. The van der Waals surface area contributed by atoms with Crippen LogP contribution in [0.4, 0.5) is 0 Å². The zero-order valence-electron chi connectivity index (χ0n) is 17.8. The molecule has 0 saturated carbocycles. The Kier molecular flexibility index (Phi) is 5.69. The van der Waals surface area contributed by atoms with E-state index in [0.717, 1.165) is 43.8 Å². The molecule has 0 bridgehead atoms. The van der Waals surface area contributed by atoms with Crippen LogP contribution in [0.3, 0.4) is 0 Å². The predicted molar refractivity (Wildman–Crippen MR) is 120 cm³/mol. The number of rotatable bonds is 4. The lowest BCUT2D eigenvalue weighted by molar-refractivity contribution is 0.0400. The van der Waals surface area contributed by atoms with Crippen molar-refractivity contribution < 1.29 is 9.53 Å². The Morgan fingerprint density at radius 2 is 1.97 bits per heavy atom. The second-order valence-corrected chi connectivity index (χ2v) is 8.92. The topological polar surface area (TPSA) is 50.1 Å². The van der Waals surface area contributed by atoms with Crippen molar-refractivity contribution in [3.8, 4) is 0 Å². The molecule has 0 radical (unpaired) electrons. The first-order chi connectivity index (χ1) is 15.1. The fourth-order valence-corrected chi connectivity index (χ4v) is 4.86. The normalized spacial score (nSPS) is 17.3. The molecule has 6 nitrogen and oxygen atoms in total. The number of hydrogen-bond donors (Lipinski definition) is 0. The number of hydrogen-bond acceptors (Lipinski definition) is 4. The molecule has 0 N–H and O–H groups in total. The predicted octanol–water partition coefficient (Wildman–Crippen LogP) is 3.80. The van der Waals surface area contributed by atoms with Gasteiger partial charge in [-0.05, 0) is 49.6 Å². The van der Waals surface area contributed by atoms with Crippen molar-refractivity contribution in [2.24, 2.45) is 0 Å². The third kappa shape index (κ3) is 4.07. The zero-order valence-corrected chi connectivity index (χ0v) is 18.5.